The number of allylic oxidation sites excluding steroid dienone is 3. The Morgan fingerprint density at radius 2 is 2.00 bits per heavy atom. The fourth-order valence-electron chi connectivity index (χ4n) is 1.17. The number of carboxylic acids is 1. The Hall–Kier alpha value is -1.64. The summed E-state index contributed by atoms with van der Waals surface area (Å²) in [6.07, 6.45) is 8.44. The Kier molecular flexibility index (Phi) is 7.68. The minimum Gasteiger partial charge on any atom is -0.478 e. The quantitative estimate of drug-likeness (QED) is 0.433. The second-order valence-corrected chi connectivity index (χ2v) is 3.68. The van der Waals surface area contributed by atoms with E-state index in [0.717, 1.165) is 12.0 Å². The van der Waals surface area contributed by atoms with E-state index in [0.29, 0.717) is 17.6 Å². The van der Waals surface area contributed by atoms with Crippen LogP contribution in [-0.4, -0.2) is 17.3 Å². The molecule has 0 saturated carbocycles. The minimum absolute atomic E-state index is 0.307. The number of nitrogens with zero attached hydrogens (tertiary/aromatic N) is 1. The van der Waals surface area contributed by atoms with Gasteiger partial charge in [-0.05, 0) is 26.7 Å². The first kappa shape index (κ1) is 15.4. The van der Waals surface area contributed by atoms with Crippen molar-refractivity contribution >= 4 is 12.2 Å². The smallest absolute Gasteiger partial charge is 0.336 e. The van der Waals surface area contributed by atoms with Crippen molar-refractivity contribution in [2.75, 3.05) is 0 Å². The van der Waals surface area contributed by atoms with Crippen LogP contribution in [0.25, 0.3) is 0 Å². The maximum absolute atomic E-state index is 11.1. The third-order valence-corrected chi connectivity index (χ3v) is 2.33. The fraction of sp³-hybridized carbons (Fsp3) is 0.429. The number of aliphatic imine (C=N–C) groups is 1. The first-order valence-corrected chi connectivity index (χ1v) is 5.85. The van der Waals surface area contributed by atoms with E-state index >= 15 is 0 Å². The van der Waals surface area contributed by atoms with Crippen molar-refractivity contribution in [1.82, 2.24) is 0 Å². The van der Waals surface area contributed by atoms with Crippen LogP contribution in [0.15, 0.2) is 40.1 Å². The van der Waals surface area contributed by atoms with Gasteiger partial charge in [0.05, 0.1) is 5.57 Å². The molecule has 0 fully saturated rings. The zero-order valence-corrected chi connectivity index (χ0v) is 11.0. The summed E-state index contributed by atoms with van der Waals surface area (Å²) in [6, 6.07) is 0. The summed E-state index contributed by atoms with van der Waals surface area (Å²) in [5.41, 5.74) is 2.11. The Bertz CT molecular complexity index is 374. The van der Waals surface area contributed by atoms with Gasteiger partial charge in [0.2, 0.25) is 0 Å². The Morgan fingerprint density at radius 3 is 2.41 bits per heavy atom. The van der Waals surface area contributed by atoms with E-state index in [-0.39, 0.29) is 0 Å². The SMILES string of the molecule is C/C=C(\C=N\C=C(/C)CC)C(=C/CC)/C(=O)O. The fourth-order valence-corrected chi connectivity index (χ4v) is 1.17. The lowest BCUT2D eigenvalue weighted by atomic mass is 10.1. The van der Waals surface area contributed by atoms with E-state index in [4.69, 9.17) is 5.11 Å². The highest BCUT2D eigenvalue weighted by Crippen LogP contribution is 2.10. The molecule has 1 N–H and O–H groups in total. The van der Waals surface area contributed by atoms with Crippen LogP contribution in [0.4, 0.5) is 0 Å². The van der Waals surface area contributed by atoms with E-state index in [2.05, 4.69) is 11.9 Å². The van der Waals surface area contributed by atoms with Crippen LogP contribution in [0.2, 0.25) is 0 Å². The van der Waals surface area contributed by atoms with Crippen LogP contribution in [0.1, 0.15) is 40.5 Å². The average molecular weight is 235 g/mol. The molecule has 3 heteroatoms. The maximum atomic E-state index is 11.1. The molecule has 0 aliphatic heterocycles. The standard InChI is InChI=1S/C14H21NO2/c1-5-8-13(14(16)17)12(7-3)10-15-9-11(4)6-2/h7-10H,5-6H2,1-4H3,(H,16,17)/b11-9+,12-7+,13-8-,15-10+. The number of carbonyl (C=O) groups is 1. The van der Waals surface area contributed by atoms with Gasteiger partial charge in [-0.25, -0.2) is 4.79 Å². The molecule has 0 aromatic rings. The third-order valence-electron chi connectivity index (χ3n) is 2.33. The molecule has 0 rings (SSSR count). The molecule has 0 amide bonds. The molecule has 0 aliphatic carbocycles. The van der Waals surface area contributed by atoms with E-state index in [1.807, 2.05) is 20.8 Å². The van der Waals surface area contributed by atoms with Crippen LogP contribution < -0.4 is 0 Å². The van der Waals surface area contributed by atoms with Gasteiger partial charge in [-0.2, -0.15) is 0 Å². The van der Waals surface area contributed by atoms with Gasteiger partial charge < -0.3 is 5.11 Å². The van der Waals surface area contributed by atoms with Crippen LogP contribution in [-0.2, 0) is 4.79 Å². The summed E-state index contributed by atoms with van der Waals surface area (Å²) < 4.78 is 0. The Morgan fingerprint density at radius 1 is 1.35 bits per heavy atom. The lowest BCUT2D eigenvalue weighted by Crippen LogP contribution is -2.04. The molecule has 0 radical (unpaired) electrons. The zero-order chi connectivity index (χ0) is 13.3. The predicted molar refractivity (Wildman–Crippen MR) is 72.3 cm³/mol. The molecule has 0 unspecified atom stereocenters. The molecule has 3 nitrogen and oxygen atoms in total. The summed E-state index contributed by atoms with van der Waals surface area (Å²) in [7, 11) is 0. The second-order valence-electron chi connectivity index (χ2n) is 3.68. The van der Waals surface area contributed by atoms with Gasteiger partial charge in [-0.15, -0.1) is 0 Å². The molecule has 0 aromatic heterocycles. The van der Waals surface area contributed by atoms with Crippen molar-refractivity contribution in [2.24, 2.45) is 4.99 Å². The van der Waals surface area contributed by atoms with Crippen LogP contribution in [0, 0.1) is 0 Å². The topological polar surface area (TPSA) is 49.7 Å². The highest BCUT2D eigenvalue weighted by molar-refractivity contribution is 6.02. The zero-order valence-electron chi connectivity index (χ0n) is 11.0. The summed E-state index contributed by atoms with van der Waals surface area (Å²) in [4.78, 5) is 15.2. The molecule has 0 atom stereocenters. The van der Waals surface area contributed by atoms with E-state index in [1.54, 1.807) is 24.6 Å². The van der Waals surface area contributed by atoms with E-state index < -0.39 is 5.97 Å². The van der Waals surface area contributed by atoms with E-state index in [1.165, 1.54) is 0 Å². The van der Waals surface area contributed by atoms with Gasteiger partial charge in [0, 0.05) is 18.0 Å². The van der Waals surface area contributed by atoms with Gasteiger partial charge in [-0.1, -0.05) is 31.6 Å². The summed E-state index contributed by atoms with van der Waals surface area (Å²) in [6.45, 7) is 7.77. The molecule has 94 valence electrons. The number of hydrogen-bond acceptors (Lipinski definition) is 2. The van der Waals surface area contributed by atoms with Crippen molar-refractivity contribution in [3.05, 3.63) is 35.1 Å². The number of rotatable bonds is 6. The van der Waals surface area contributed by atoms with Gasteiger partial charge in [0.15, 0.2) is 0 Å². The predicted octanol–water partition coefficient (Wildman–Crippen LogP) is 3.74. The molecule has 0 bridgehead atoms. The van der Waals surface area contributed by atoms with Crippen molar-refractivity contribution < 1.29 is 9.90 Å². The molecule has 0 saturated heterocycles. The summed E-state index contributed by atoms with van der Waals surface area (Å²) in [5, 5.41) is 9.07. The molecule has 0 aromatic carbocycles. The second kappa shape index (κ2) is 8.50. The van der Waals surface area contributed by atoms with E-state index in [9.17, 15) is 4.79 Å². The molecule has 0 aliphatic rings. The molecule has 0 heterocycles. The average Bonchev–Trinajstić information content (AvgIpc) is 2.31. The highest BCUT2D eigenvalue weighted by atomic mass is 16.4. The van der Waals surface area contributed by atoms with Crippen molar-refractivity contribution in [2.45, 2.75) is 40.5 Å². The van der Waals surface area contributed by atoms with Crippen molar-refractivity contribution in [3.63, 3.8) is 0 Å². The first-order valence-electron chi connectivity index (χ1n) is 5.85. The largest absolute Gasteiger partial charge is 0.478 e. The first-order chi connectivity index (χ1) is 8.06. The van der Waals surface area contributed by atoms with Crippen molar-refractivity contribution in [1.29, 1.82) is 0 Å². The van der Waals surface area contributed by atoms with Gasteiger partial charge >= 0.3 is 5.97 Å². The molecular weight excluding hydrogens is 214 g/mol. The minimum atomic E-state index is -0.914. The molecule has 0 spiro atoms. The number of carboxylic acid groups (broad SMARTS) is 1. The van der Waals surface area contributed by atoms with Gasteiger partial charge in [-0.3, -0.25) is 4.99 Å². The van der Waals surface area contributed by atoms with Crippen molar-refractivity contribution in [3.8, 4) is 0 Å². The monoisotopic (exact) mass is 235 g/mol. The summed E-state index contributed by atoms with van der Waals surface area (Å²) in [5.74, 6) is -0.914. The van der Waals surface area contributed by atoms with Crippen LogP contribution in [0.3, 0.4) is 0 Å². The van der Waals surface area contributed by atoms with Crippen LogP contribution in [0.5, 0.6) is 0 Å². The van der Waals surface area contributed by atoms with Crippen LogP contribution >= 0.6 is 0 Å². The lowest BCUT2D eigenvalue weighted by Gasteiger charge is -2.01. The normalized spacial score (nSPS) is 14.5. The van der Waals surface area contributed by atoms with Gasteiger partial charge in [0.1, 0.15) is 0 Å². The third kappa shape index (κ3) is 5.85. The lowest BCUT2D eigenvalue weighted by molar-refractivity contribution is -0.132. The molecular formula is C14H21NO2. The maximum Gasteiger partial charge on any atom is 0.336 e. The number of hydrogen-bond donors (Lipinski definition) is 1. The highest BCUT2D eigenvalue weighted by Gasteiger charge is 2.09. The molecule has 17 heavy (non-hydrogen) atoms. The Balaban J connectivity index is 4.98. The number of aliphatic carboxylic acids is 1. The van der Waals surface area contributed by atoms with Gasteiger partial charge in [0.25, 0.3) is 0 Å². The Labute approximate surface area is 103 Å². The summed E-state index contributed by atoms with van der Waals surface area (Å²) >= 11 is 0.